The van der Waals surface area contributed by atoms with Gasteiger partial charge >= 0.3 is 0 Å². The van der Waals surface area contributed by atoms with E-state index in [1.54, 1.807) is 11.6 Å². The van der Waals surface area contributed by atoms with Gasteiger partial charge in [0.05, 0.1) is 12.0 Å². The van der Waals surface area contributed by atoms with Gasteiger partial charge in [-0.1, -0.05) is 6.92 Å². The molecular formula is C8H10N2OS. The molecule has 1 heterocycles. The van der Waals surface area contributed by atoms with Crippen LogP contribution < -0.4 is 0 Å². The molecule has 0 fully saturated rings. The van der Waals surface area contributed by atoms with Crippen LogP contribution in [0.25, 0.3) is 0 Å². The second-order valence-corrected chi connectivity index (χ2v) is 3.39. The normalized spacial score (nSPS) is 15.1. The summed E-state index contributed by atoms with van der Waals surface area (Å²) in [4.78, 5) is 3.95. The van der Waals surface area contributed by atoms with E-state index < -0.39 is 6.10 Å². The van der Waals surface area contributed by atoms with Crippen molar-refractivity contribution in [2.45, 2.75) is 19.4 Å². The number of nitrogens with zero attached hydrogens (tertiary/aromatic N) is 2. The van der Waals surface area contributed by atoms with Crippen molar-refractivity contribution < 1.29 is 5.11 Å². The lowest BCUT2D eigenvalue weighted by atomic mass is 10.0. The lowest BCUT2D eigenvalue weighted by Crippen LogP contribution is -2.09. The number of hydrogen-bond donors (Lipinski definition) is 1. The molecule has 0 saturated heterocycles. The molecule has 2 atom stereocenters. The predicted octanol–water partition coefficient (Wildman–Crippen LogP) is 1.73. The molecule has 1 rings (SSSR count). The highest BCUT2D eigenvalue weighted by molar-refractivity contribution is 7.09. The van der Waals surface area contributed by atoms with E-state index in [1.807, 2.05) is 6.92 Å². The minimum absolute atomic E-state index is 0.337. The number of aliphatic hydroxyl groups excluding tert-OH is 1. The van der Waals surface area contributed by atoms with E-state index >= 15 is 0 Å². The molecule has 3 nitrogen and oxygen atoms in total. The summed E-state index contributed by atoms with van der Waals surface area (Å²) >= 11 is 1.38. The number of hydrogen-bond acceptors (Lipinski definition) is 4. The molecule has 0 bridgehead atoms. The van der Waals surface area contributed by atoms with E-state index in [0.717, 1.165) is 0 Å². The third-order valence-corrected chi connectivity index (χ3v) is 2.54. The number of rotatable bonds is 3. The smallest absolute Gasteiger partial charge is 0.123 e. The van der Waals surface area contributed by atoms with Crippen molar-refractivity contribution in [3.05, 3.63) is 16.6 Å². The fraction of sp³-hybridized carbons (Fsp3) is 0.500. The van der Waals surface area contributed by atoms with Crippen molar-refractivity contribution in [1.29, 1.82) is 5.26 Å². The van der Waals surface area contributed by atoms with Crippen LogP contribution in [0.5, 0.6) is 0 Å². The minimum atomic E-state index is -0.722. The zero-order valence-corrected chi connectivity index (χ0v) is 7.58. The molecule has 0 radical (unpaired) electrons. The molecule has 1 aromatic heterocycles. The van der Waals surface area contributed by atoms with Gasteiger partial charge in [0.2, 0.25) is 0 Å². The second-order valence-electron chi connectivity index (χ2n) is 2.46. The predicted molar refractivity (Wildman–Crippen MR) is 46.5 cm³/mol. The first-order valence-corrected chi connectivity index (χ1v) is 4.64. The Kier molecular flexibility index (Phi) is 3.20. The highest BCUT2D eigenvalue weighted by atomic mass is 32.1. The van der Waals surface area contributed by atoms with Crippen molar-refractivity contribution in [1.82, 2.24) is 4.98 Å². The number of aliphatic hydroxyl groups is 1. The van der Waals surface area contributed by atoms with Gasteiger partial charge in [-0.3, -0.25) is 0 Å². The van der Waals surface area contributed by atoms with E-state index in [4.69, 9.17) is 5.26 Å². The van der Waals surface area contributed by atoms with Crippen molar-refractivity contribution in [2.24, 2.45) is 5.92 Å². The summed E-state index contributed by atoms with van der Waals surface area (Å²) in [5.41, 5.74) is 0. The molecule has 1 N–H and O–H groups in total. The van der Waals surface area contributed by atoms with Gasteiger partial charge in [-0.2, -0.15) is 5.26 Å². The van der Waals surface area contributed by atoms with Gasteiger partial charge in [-0.25, -0.2) is 4.98 Å². The topological polar surface area (TPSA) is 56.9 Å². The highest BCUT2D eigenvalue weighted by Crippen LogP contribution is 2.25. The Labute approximate surface area is 75.3 Å². The largest absolute Gasteiger partial charge is 0.385 e. The zero-order chi connectivity index (χ0) is 8.97. The average molecular weight is 182 g/mol. The van der Waals surface area contributed by atoms with Crippen LogP contribution in [0, 0.1) is 17.2 Å². The maximum atomic E-state index is 9.59. The monoisotopic (exact) mass is 182 g/mol. The van der Waals surface area contributed by atoms with E-state index in [1.165, 1.54) is 11.3 Å². The Bertz CT molecular complexity index is 265. The second kappa shape index (κ2) is 4.19. The quantitative estimate of drug-likeness (QED) is 0.774. The first kappa shape index (κ1) is 9.17. The average Bonchev–Trinajstić information content (AvgIpc) is 2.58. The molecule has 0 aliphatic heterocycles. The van der Waals surface area contributed by atoms with Crippen LogP contribution >= 0.6 is 11.3 Å². The molecule has 4 heteroatoms. The molecule has 0 spiro atoms. The van der Waals surface area contributed by atoms with E-state index in [0.29, 0.717) is 11.4 Å². The Morgan fingerprint density at radius 2 is 2.58 bits per heavy atom. The minimum Gasteiger partial charge on any atom is -0.385 e. The van der Waals surface area contributed by atoms with Crippen molar-refractivity contribution in [2.75, 3.05) is 0 Å². The summed E-state index contributed by atoms with van der Waals surface area (Å²) in [5.74, 6) is -0.337. The van der Waals surface area contributed by atoms with Gasteiger partial charge in [0.25, 0.3) is 0 Å². The number of thiazole rings is 1. The van der Waals surface area contributed by atoms with Crippen LogP contribution in [0.2, 0.25) is 0 Å². The van der Waals surface area contributed by atoms with Gasteiger partial charge in [0, 0.05) is 11.6 Å². The molecule has 0 amide bonds. The Balaban J connectivity index is 2.71. The summed E-state index contributed by atoms with van der Waals surface area (Å²) < 4.78 is 0. The van der Waals surface area contributed by atoms with Crippen molar-refractivity contribution in [3.63, 3.8) is 0 Å². The first-order valence-electron chi connectivity index (χ1n) is 3.76. The van der Waals surface area contributed by atoms with Crippen LogP contribution in [-0.2, 0) is 0 Å². The lowest BCUT2D eigenvalue weighted by molar-refractivity contribution is 0.132. The highest BCUT2D eigenvalue weighted by Gasteiger charge is 2.20. The SMILES string of the molecule is CCC(C#N)C(O)c1nccs1. The first-order chi connectivity index (χ1) is 5.79. The van der Waals surface area contributed by atoms with Crippen LogP contribution in [0.1, 0.15) is 24.5 Å². The van der Waals surface area contributed by atoms with E-state index in [2.05, 4.69) is 11.1 Å². The van der Waals surface area contributed by atoms with Crippen molar-refractivity contribution in [3.8, 4) is 6.07 Å². The molecule has 64 valence electrons. The standard InChI is InChI=1S/C8H10N2OS/c1-2-6(5-9)7(11)8-10-3-4-12-8/h3-4,6-7,11H,2H2,1H3. The summed E-state index contributed by atoms with van der Waals surface area (Å²) in [5, 5.41) is 20.7. The molecule has 0 aromatic carbocycles. The Hall–Kier alpha value is -0.920. The molecule has 1 aromatic rings. The summed E-state index contributed by atoms with van der Waals surface area (Å²) in [6.07, 6.45) is 1.56. The number of aromatic nitrogens is 1. The Morgan fingerprint density at radius 3 is 3.00 bits per heavy atom. The lowest BCUT2D eigenvalue weighted by Gasteiger charge is -2.10. The van der Waals surface area contributed by atoms with Crippen LogP contribution in [0.3, 0.4) is 0 Å². The Morgan fingerprint density at radius 1 is 1.83 bits per heavy atom. The summed E-state index contributed by atoms with van der Waals surface area (Å²) in [6.45, 7) is 1.88. The molecular weight excluding hydrogens is 172 g/mol. The van der Waals surface area contributed by atoms with E-state index in [-0.39, 0.29) is 5.92 Å². The van der Waals surface area contributed by atoms with Crippen molar-refractivity contribution >= 4 is 11.3 Å². The van der Waals surface area contributed by atoms with Gasteiger partial charge < -0.3 is 5.11 Å². The maximum Gasteiger partial charge on any atom is 0.123 e. The fourth-order valence-corrected chi connectivity index (χ4v) is 1.62. The third kappa shape index (κ3) is 1.81. The third-order valence-electron chi connectivity index (χ3n) is 1.69. The molecule has 0 aliphatic rings. The van der Waals surface area contributed by atoms with Gasteiger partial charge in [-0.15, -0.1) is 11.3 Å². The number of nitriles is 1. The van der Waals surface area contributed by atoms with Gasteiger partial charge in [0.15, 0.2) is 0 Å². The van der Waals surface area contributed by atoms with Gasteiger partial charge in [-0.05, 0) is 6.42 Å². The molecule has 0 aliphatic carbocycles. The zero-order valence-electron chi connectivity index (χ0n) is 6.77. The summed E-state index contributed by atoms with van der Waals surface area (Å²) in [7, 11) is 0. The van der Waals surface area contributed by atoms with E-state index in [9.17, 15) is 5.11 Å². The van der Waals surface area contributed by atoms with Gasteiger partial charge in [0.1, 0.15) is 11.1 Å². The summed E-state index contributed by atoms with van der Waals surface area (Å²) in [6, 6.07) is 2.06. The van der Waals surface area contributed by atoms with Crippen LogP contribution in [0.4, 0.5) is 0 Å². The fourth-order valence-electron chi connectivity index (χ4n) is 0.938. The molecule has 0 saturated carbocycles. The molecule has 12 heavy (non-hydrogen) atoms. The maximum absolute atomic E-state index is 9.59. The van der Waals surface area contributed by atoms with Crippen LogP contribution in [-0.4, -0.2) is 10.1 Å². The molecule has 2 unspecified atom stereocenters. The van der Waals surface area contributed by atoms with Crippen LogP contribution in [0.15, 0.2) is 11.6 Å².